The molecule has 2 heteroatoms. The van der Waals surface area contributed by atoms with Gasteiger partial charge in [-0.3, -0.25) is 4.98 Å². The van der Waals surface area contributed by atoms with E-state index in [1.165, 1.54) is 5.56 Å². The van der Waals surface area contributed by atoms with E-state index < -0.39 is 0 Å². The summed E-state index contributed by atoms with van der Waals surface area (Å²) in [5.41, 5.74) is 1.28. The summed E-state index contributed by atoms with van der Waals surface area (Å²) in [5, 5.41) is 3.28. The minimum absolute atomic E-state index is 0.388. The molecule has 1 atom stereocenters. The van der Waals surface area contributed by atoms with Crippen LogP contribution in [0.1, 0.15) is 31.4 Å². The van der Waals surface area contributed by atoms with E-state index in [0.717, 1.165) is 12.8 Å². The average Bonchev–Trinajstić information content (AvgIpc) is 2.26. The van der Waals surface area contributed by atoms with E-state index >= 15 is 0 Å². The van der Waals surface area contributed by atoms with Crippen LogP contribution in [0, 0.1) is 11.8 Å². The third-order valence-electron chi connectivity index (χ3n) is 2.19. The Morgan fingerprint density at radius 1 is 1.43 bits per heavy atom. The second-order valence-electron chi connectivity index (χ2n) is 3.09. The van der Waals surface area contributed by atoms with Crippen molar-refractivity contribution in [3.05, 3.63) is 30.1 Å². The number of hydrogen-bond acceptors (Lipinski definition) is 2. The summed E-state index contributed by atoms with van der Waals surface area (Å²) in [6.07, 6.45) is 5.63. The smallest absolute Gasteiger partial charge is 0.0327 e. The van der Waals surface area contributed by atoms with E-state index in [1.807, 2.05) is 38.5 Å². The zero-order chi connectivity index (χ0) is 10.2. The van der Waals surface area contributed by atoms with E-state index in [-0.39, 0.29) is 0 Å². The van der Waals surface area contributed by atoms with E-state index in [4.69, 9.17) is 0 Å². The first kappa shape index (κ1) is 10.7. The second-order valence-corrected chi connectivity index (χ2v) is 3.09. The Bertz CT molecular complexity index is 308. The molecule has 0 aliphatic heterocycles. The van der Waals surface area contributed by atoms with Gasteiger partial charge in [-0.05, 0) is 38.1 Å². The maximum atomic E-state index is 4.00. The van der Waals surface area contributed by atoms with E-state index in [2.05, 4.69) is 22.1 Å². The molecule has 2 nitrogen and oxygen atoms in total. The minimum atomic E-state index is 0.388. The largest absolute Gasteiger partial charge is 0.313 e. The molecule has 0 saturated carbocycles. The molecule has 0 amide bonds. The molecule has 0 bridgehead atoms. The van der Waals surface area contributed by atoms with Crippen LogP contribution in [0.25, 0.3) is 0 Å². The zero-order valence-corrected chi connectivity index (χ0v) is 8.75. The van der Waals surface area contributed by atoms with Crippen LogP contribution in [0.15, 0.2) is 24.5 Å². The lowest BCUT2D eigenvalue weighted by atomic mass is 10.0. The number of aromatic nitrogens is 1. The van der Waals surface area contributed by atoms with E-state index in [0.29, 0.717) is 6.04 Å². The summed E-state index contributed by atoms with van der Waals surface area (Å²) in [6.45, 7) is 1.88. The van der Waals surface area contributed by atoms with E-state index in [9.17, 15) is 0 Å². The van der Waals surface area contributed by atoms with Crippen molar-refractivity contribution in [2.45, 2.75) is 25.8 Å². The highest BCUT2D eigenvalue weighted by atomic mass is 14.9. The number of nitrogens with zero attached hydrogens (tertiary/aromatic N) is 1. The van der Waals surface area contributed by atoms with Gasteiger partial charge in [0.2, 0.25) is 0 Å². The van der Waals surface area contributed by atoms with Gasteiger partial charge in [0, 0.05) is 24.9 Å². The van der Waals surface area contributed by atoms with E-state index in [1.54, 1.807) is 0 Å². The lowest BCUT2D eigenvalue weighted by Gasteiger charge is -2.14. The van der Waals surface area contributed by atoms with Gasteiger partial charge >= 0.3 is 0 Å². The molecule has 0 aliphatic carbocycles. The van der Waals surface area contributed by atoms with Crippen LogP contribution in [0.2, 0.25) is 0 Å². The summed E-state index contributed by atoms with van der Waals surface area (Å²) in [6, 6.07) is 4.47. The Hall–Kier alpha value is -1.33. The number of pyridine rings is 1. The molecule has 0 fully saturated rings. The molecule has 1 rings (SSSR count). The van der Waals surface area contributed by atoms with Crippen LogP contribution in [-0.4, -0.2) is 12.0 Å². The fraction of sp³-hybridized carbons (Fsp3) is 0.417. The first-order valence-electron chi connectivity index (χ1n) is 4.85. The number of nitrogens with one attached hydrogen (secondary N) is 1. The van der Waals surface area contributed by atoms with Crippen LogP contribution in [0.4, 0.5) is 0 Å². The van der Waals surface area contributed by atoms with Gasteiger partial charge < -0.3 is 5.32 Å². The molecule has 0 saturated heterocycles. The average molecular weight is 188 g/mol. The van der Waals surface area contributed by atoms with Crippen LogP contribution in [0.5, 0.6) is 0 Å². The molecule has 0 aliphatic rings. The van der Waals surface area contributed by atoms with Gasteiger partial charge in [0.1, 0.15) is 0 Å². The Morgan fingerprint density at radius 2 is 2.14 bits per heavy atom. The van der Waals surface area contributed by atoms with Gasteiger partial charge in [-0.2, -0.15) is 0 Å². The normalized spacial score (nSPS) is 11.6. The summed E-state index contributed by atoms with van der Waals surface area (Å²) in [5.74, 6) is 5.99. The third-order valence-corrected chi connectivity index (χ3v) is 2.19. The van der Waals surface area contributed by atoms with Crippen LogP contribution < -0.4 is 5.32 Å². The first-order valence-corrected chi connectivity index (χ1v) is 4.85. The van der Waals surface area contributed by atoms with Crippen molar-refractivity contribution < 1.29 is 0 Å². The third kappa shape index (κ3) is 3.20. The predicted octanol–water partition coefficient (Wildman–Crippen LogP) is 2.15. The Morgan fingerprint density at radius 3 is 2.71 bits per heavy atom. The van der Waals surface area contributed by atoms with Crippen molar-refractivity contribution >= 4 is 0 Å². The quantitative estimate of drug-likeness (QED) is 0.732. The van der Waals surface area contributed by atoms with Crippen LogP contribution in [0.3, 0.4) is 0 Å². The van der Waals surface area contributed by atoms with Crippen molar-refractivity contribution in [1.29, 1.82) is 0 Å². The molecule has 74 valence electrons. The van der Waals surface area contributed by atoms with Crippen LogP contribution >= 0.6 is 0 Å². The predicted molar refractivity (Wildman–Crippen MR) is 58.7 cm³/mol. The van der Waals surface area contributed by atoms with Gasteiger partial charge in [-0.15, -0.1) is 11.8 Å². The molecule has 0 spiro atoms. The zero-order valence-electron chi connectivity index (χ0n) is 8.75. The highest BCUT2D eigenvalue weighted by Crippen LogP contribution is 2.16. The lowest BCUT2D eigenvalue weighted by Crippen LogP contribution is -2.15. The van der Waals surface area contributed by atoms with Crippen molar-refractivity contribution in [2.24, 2.45) is 0 Å². The Labute approximate surface area is 85.8 Å². The summed E-state index contributed by atoms with van der Waals surface area (Å²) >= 11 is 0. The summed E-state index contributed by atoms with van der Waals surface area (Å²) < 4.78 is 0. The number of hydrogen-bond donors (Lipinski definition) is 1. The molecule has 1 aromatic rings. The van der Waals surface area contributed by atoms with Crippen molar-refractivity contribution in [3.8, 4) is 11.8 Å². The van der Waals surface area contributed by atoms with Gasteiger partial charge in [0.25, 0.3) is 0 Å². The van der Waals surface area contributed by atoms with Crippen LogP contribution in [-0.2, 0) is 0 Å². The highest BCUT2D eigenvalue weighted by Gasteiger charge is 2.06. The van der Waals surface area contributed by atoms with Crippen molar-refractivity contribution in [1.82, 2.24) is 10.3 Å². The maximum Gasteiger partial charge on any atom is 0.0327 e. The molecule has 1 unspecified atom stereocenters. The van der Waals surface area contributed by atoms with Gasteiger partial charge in [0.15, 0.2) is 0 Å². The SMILES string of the molecule is CC#CCCC(NC)c1ccncc1. The minimum Gasteiger partial charge on any atom is -0.313 e. The summed E-state index contributed by atoms with van der Waals surface area (Å²) in [4.78, 5) is 4.00. The molecule has 14 heavy (non-hydrogen) atoms. The standard InChI is InChI=1S/C12H16N2/c1-3-4-5-6-12(13-2)11-7-9-14-10-8-11/h7-10,12-13H,5-6H2,1-2H3. The maximum absolute atomic E-state index is 4.00. The second kappa shape index (κ2) is 6.17. The van der Waals surface area contributed by atoms with Crippen molar-refractivity contribution in [2.75, 3.05) is 7.05 Å². The fourth-order valence-corrected chi connectivity index (χ4v) is 1.41. The van der Waals surface area contributed by atoms with Gasteiger partial charge in [-0.25, -0.2) is 0 Å². The number of rotatable bonds is 4. The fourth-order valence-electron chi connectivity index (χ4n) is 1.41. The summed E-state index contributed by atoms with van der Waals surface area (Å²) in [7, 11) is 1.98. The Balaban J connectivity index is 2.57. The molecule has 1 heterocycles. The first-order chi connectivity index (χ1) is 6.88. The Kier molecular flexibility index (Phi) is 4.74. The van der Waals surface area contributed by atoms with Gasteiger partial charge in [-0.1, -0.05) is 0 Å². The molecule has 0 aromatic carbocycles. The molecule has 1 N–H and O–H groups in total. The molecule has 0 radical (unpaired) electrons. The monoisotopic (exact) mass is 188 g/mol. The topological polar surface area (TPSA) is 24.9 Å². The molecular weight excluding hydrogens is 172 g/mol. The lowest BCUT2D eigenvalue weighted by molar-refractivity contribution is 0.558. The molecule has 1 aromatic heterocycles. The van der Waals surface area contributed by atoms with Crippen molar-refractivity contribution in [3.63, 3.8) is 0 Å². The molecular formula is C12H16N2. The highest BCUT2D eigenvalue weighted by molar-refractivity contribution is 5.15. The van der Waals surface area contributed by atoms with Gasteiger partial charge in [0.05, 0.1) is 0 Å².